The summed E-state index contributed by atoms with van der Waals surface area (Å²) in [7, 11) is -1.94. The van der Waals surface area contributed by atoms with Crippen LogP contribution in [0.5, 0.6) is 0 Å². The molecule has 3 rings (SSSR count). The molecular weight excluding hydrogens is 368 g/mol. The van der Waals surface area contributed by atoms with Crippen LogP contribution in [0.15, 0.2) is 29.2 Å². The molecule has 2 atom stereocenters. The fraction of sp³-hybridized carbons (Fsp3) is 0.556. The Labute approximate surface area is 159 Å². The van der Waals surface area contributed by atoms with Crippen LogP contribution in [-0.2, 0) is 19.6 Å². The lowest BCUT2D eigenvalue weighted by molar-refractivity contribution is -0.137. The zero-order valence-electron chi connectivity index (χ0n) is 15.4. The van der Waals surface area contributed by atoms with Crippen LogP contribution in [0, 0.1) is 11.8 Å². The SMILES string of the molecule is CNCC1CCCN(C(=O)C2CC(=O)N(c3cccc(S(N)(=O)=O)c3)C2)C1. The Kier molecular flexibility index (Phi) is 5.83. The third kappa shape index (κ3) is 4.48. The molecule has 2 amide bonds. The van der Waals surface area contributed by atoms with Crippen molar-refractivity contribution < 1.29 is 18.0 Å². The van der Waals surface area contributed by atoms with Crippen LogP contribution >= 0.6 is 0 Å². The predicted molar refractivity (Wildman–Crippen MR) is 102 cm³/mol. The van der Waals surface area contributed by atoms with Crippen LogP contribution in [0.4, 0.5) is 5.69 Å². The second-order valence-electron chi connectivity index (χ2n) is 7.30. The number of likely N-dealkylation sites (tertiary alicyclic amines) is 1. The van der Waals surface area contributed by atoms with Gasteiger partial charge in [-0.1, -0.05) is 6.07 Å². The summed E-state index contributed by atoms with van der Waals surface area (Å²) in [6.07, 6.45) is 2.21. The molecule has 27 heavy (non-hydrogen) atoms. The molecule has 0 spiro atoms. The summed E-state index contributed by atoms with van der Waals surface area (Å²) in [5.41, 5.74) is 0.452. The number of amides is 2. The molecule has 3 N–H and O–H groups in total. The van der Waals surface area contributed by atoms with E-state index >= 15 is 0 Å². The minimum atomic E-state index is -3.85. The van der Waals surface area contributed by atoms with E-state index in [0.717, 1.165) is 25.9 Å². The molecular formula is C18H26N4O4S. The number of sulfonamides is 1. The molecule has 1 aromatic carbocycles. The number of anilines is 1. The number of hydrogen-bond acceptors (Lipinski definition) is 5. The van der Waals surface area contributed by atoms with Gasteiger partial charge in [-0.2, -0.15) is 0 Å². The molecule has 2 heterocycles. The van der Waals surface area contributed by atoms with Crippen molar-refractivity contribution in [3.8, 4) is 0 Å². The van der Waals surface area contributed by atoms with Crippen molar-refractivity contribution in [2.24, 2.45) is 17.0 Å². The largest absolute Gasteiger partial charge is 0.342 e. The average molecular weight is 394 g/mol. The molecule has 0 aromatic heterocycles. The van der Waals surface area contributed by atoms with E-state index in [1.807, 2.05) is 11.9 Å². The highest BCUT2D eigenvalue weighted by Gasteiger charge is 2.38. The van der Waals surface area contributed by atoms with Gasteiger partial charge in [0, 0.05) is 31.7 Å². The Hall–Kier alpha value is -1.97. The van der Waals surface area contributed by atoms with E-state index in [9.17, 15) is 18.0 Å². The first-order valence-corrected chi connectivity index (χ1v) is 10.7. The number of nitrogens with one attached hydrogen (secondary N) is 1. The number of hydrogen-bond donors (Lipinski definition) is 2. The number of nitrogens with zero attached hydrogens (tertiary/aromatic N) is 2. The first-order chi connectivity index (χ1) is 12.8. The smallest absolute Gasteiger partial charge is 0.238 e. The maximum absolute atomic E-state index is 12.9. The topological polar surface area (TPSA) is 113 Å². The Morgan fingerprint density at radius 2 is 2.11 bits per heavy atom. The standard InChI is InChI=1S/C18H26N4O4S/c1-20-10-13-4-3-7-21(11-13)18(24)14-8-17(23)22(12-14)15-5-2-6-16(9-15)27(19,25)26/h2,5-6,9,13-14,20H,3-4,7-8,10-12H2,1H3,(H2,19,25,26). The lowest BCUT2D eigenvalue weighted by Crippen LogP contribution is -2.45. The summed E-state index contributed by atoms with van der Waals surface area (Å²) >= 11 is 0. The van der Waals surface area contributed by atoms with Gasteiger partial charge in [0.15, 0.2) is 0 Å². The normalized spacial score (nSPS) is 23.7. The van der Waals surface area contributed by atoms with Gasteiger partial charge in [-0.3, -0.25) is 9.59 Å². The molecule has 0 bridgehead atoms. The molecule has 2 aliphatic rings. The van der Waals surface area contributed by atoms with Gasteiger partial charge < -0.3 is 15.1 Å². The number of rotatable bonds is 5. The fourth-order valence-electron chi connectivity index (χ4n) is 3.93. The quantitative estimate of drug-likeness (QED) is 0.738. The van der Waals surface area contributed by atoms with E-state index in [1.165, 1.54) is 17.0 Å². The summed E-state index contributed by atoms with van der Waals surface area (Å²) in [6.45, 7) is 2.58. The minimum Gasteiger partial charge on any atom is -0.342 e. The molecule has 2 saturated heterocycles. The molecule has 148 valence electrons. The third-order valence-electron chi connectivity index (χ3n) is 5.26. The van der Waals surface area contributed by atoms with Crippen LogP contribution in [0.2, 0.25) is 0 Å². The van der Waals surface area contributed by atoms with Crippen molar-refractivity contribution in [1.29, 1.82) is 0 Å². The van der Waals surface area contributed by atoms with Crippen molar-refractivity contribution in [2.45, 2.75) is 24.2 Å². The molecule has 2 aliphatic heterocycles. The van der Waals surface area contributed by atoms with Crippen LogP contribution in [0.3, 0.4) is 0 Å². The molecule has 8 nitrogen and oxygen atoms in total. The van der Waals surface area contributed by atoms with Crippen molar-refractivity contribution in [1.82, 2.24) is 10.2 Å². The summed E-state index contributed by atoms with van der Waals surface area (Å²) < 4.78 is 23.1. The van der Waals surface area contributed by atoms with Gasteiger partial charge in [0.2, 0.25) is 21.8 Å². The third-order valence-corrected chi connectivity index (χ3v) is 6.17. The Bertz CT molecular complexity index is 824. The number of piperidine rings is 1. The van der Waals surface area contributed by atoms with Crippen LogP contribution in [-0.4, -0.2) is 58.4 Å². The van der Waals surface area contributed by atoms with Crippen LogP contribution < -0.4 is 15.4 Å². The van der Waals surface area contributed by atoms with Gasteiger partial charge >= 0.3 is 0 Å². The molecule has 0 saturated carbocycles. The Morgan fingerprint density at radius 1 is 1.33 bits per heavy atom. The number of primary sulfonamides is 1. The minimum absolute atomic E-state index is 0.00857. The zero-order chi connectivity index (χ0) is 19.6. The van der Waals surface area contributed by atoms with Crippen molar-refractivity contribution in [3.05, 3.63) is 24.3 Å². The molecule has 0 radical (unpaired) electrons. The number of carbonyl (C=O) groups is 2. The lowest BCUT2D eigenvalue weighted by Gasteiger charge is -2.34. The van der Waals surface area contributed by atoms with E-state index in [-0.39, 0.29) is 29.7 Å². The highest BCUT2D eigenvalue weighted by molar-refractivity contribution is 7.89. The number of nitrogens with two attached hydrogens (primary N) is 1. The van der Waals surface area contributed by atoms with Crippen molar-refractivity contribution in [3.63, 3.8) is 0 Å². The molecule has 2 fully saturated rings. The predicted octanol–water partition coefficient (Wildman–Crippen LogP) is 0.145. The molecule has 0 aliphatic carbocycles. The zero-order valence-corrected chi connectivity index (χ0v) is 16.2. The van der Waals surface area contributed by atoms with E-state index in [0.29, 0.717) is 18.2 Å². The molecule has 9 heteroatoms. The Balaban J connectivity index is 1.71. The lowest BCUT2D eigenvalue weighted by atomic mass is 9.96. The van der Waals surface area contributed by atoms with Gasteiger partial charge in [-0.05, 0) is 50.6 Å². The summed E-state index contributed by atoms with van der Waals surface area (Å²) in [6, 6.07) is 5.97. The molecule has 2 unspecified atom stereocenters. The van der Waals surface area contributed by atoms with Gasteiger partial charge in [-0.25, -0.2) is 13.6 Å². The number of benzene rings is 1. The Morgan fingerprint density at radius 3 is 2.81 bits per heavy atom. The van der Waals surface area contributed by atoms with Crippen LogP contribution in [0.1, 0.15) is 19.3 Å². The van der Waals surface area contributed by atoms with Crippen molar-refractivity contribution in [2.75, 3.05) is 38.1 Å². The first-order valence-electron chi connectivity index (χ1n) is 9.16. The van der Waals surface area contributed by atoms with E-state index in [4.69, 9.17) is 5.14 Å². The average Bonchev–Trinajstić information content (AvgIpc) is 3.03. The van der Waals surface area contributed by atoms with E-state index < -0.39 is 15.9 Å². The van der Waals surface area contributed by atoms with Gasteiger partial charge in [0.25, 0.3) is 0 Å². The fourth-order valence-corrected chi connectivity index (χ4v) is 4.48. The summed E-state index contributed by atoms with van der Waals surface area (Å²) in [5.74, 6) is -0.130. The number of carbonyl (C=O) groups excluding carboxylic acids is 2. The maximum Gasteiger partial charge on any atom is 0.238 e. The van der Waals surface area contributed by atoms with Crippen LogP contribution in [0.25, 0.3) is 0 Å². The van der Waals surface area contributed by atoms with Crippen molar-refractivity contribution >= 4 is 27.5 Å². The second-order valence-corrected chi connectivity index (χ2v) is 8.86. The highest BCUT2D eigenvalue weighted by Crippen LogP contribution is 2.29. The van der Waals surface area contributed by atoms with Gasteiger partial charge in [-0.15, -0.1) is 0 Å². The summed E-state index contributed by atoms with van der Waals surface area (Å²) in [5, 5.41) is 8.33. The first kappa shape index (κ1) is 19.8. The monoisotopic (exact) mass is 394 g/mol. The van der Waals surface area contributed by atoms with E-state index in [1.54, 1.807) is 12.1 Å². The summed E-state index contributed by atoms with van der Waals surface area (Å²) in [4.78, 5) is 28.7. The highest BCUT2D eigenvalue weighted by atomic mass is 32.2. The van der Waals surface area contributed by atoms with Gasteiger partial charge in [0.1, 0.15) is 0 Å². The van der Waals surface area contributed by atoms with E-state index in [2.05, 4.69) is 5.32 Å². The van der Waals surface area contributed by atoms with Gasteiger partial charge in [0.05, 0.1) is 10.8 Å². The molecule has 1 aromatic rings. The maximum atomic E-state index is 12.9. The second kappa shape index (κ2) is 7.95.